The van der Waals surface area contributed by atoms with E-state index in [1.165, 1.54) is 12.7 Å². The average Bonchev–Trinajstić information content (AvgIpc) is 1.81. The van der Waals surface area contributed by atoms with Crippen LogP contribution in [-0.4, -0.2) is 29.7 Å². The Bertz CT molecular complexity index is 73.3. The van der Waals surface area contributed by atoms with Gasteiger partial charge in [-0.2, -0.15) is 0 Å². The van der Waals surface area contributed by atoms with E-state index in [4.69, 9.17) is 0 Å². The summed E-state index contributed by atoms with van der Waals surface area (Å²) in [4.78, 5) is 2.52. The third-order valence-electron chi connectivity index (χ3n) is 1.74. The average molecular weight is 162 g/mol. The van der Waals surface area contributed by atoms with Gasteiger partial charge >= 0.3 is 0 Å². The lowest BCUT2D eigenvalue weighted by Crippen LogP contribution is -2.38. The molecule has 1 nitrogen and oxygen atoms in total. The maximum absolute atomic E-state index is 2.52. The highest BCUT2D eigenvalue weighted by Crippen LogP contribution is 2.04. The number of hydrogen-bond donors (Lipinski definition) is 0. The fourth-order valence-electron chi connectivity index (χ4n) is 1.30. The SMILES string of the molecule is CC(C)N(CC[PH3+])C(C)C. The van der Waals surface area contributed by atoms with Crippen LogP contribution in [0.5, 0.6) is 0 Å². The highest BCUT2D eigenvalue weighted by molar-refractivity contribution is 7.16. The van der Waals surface area contributed by atoms with E-state index in [1.807, 2.05) is 0 Å². The summed E-state index contributed by atoms with van der Waals surface area (Å²) in [7, 11) is 2.05. The van der Waals surface area contributed by atoms with E-state index >= 15 is 0 Å². The fourth-order valence-corrected chi connectivity index (χ4v) is 1.66. The Morgan fingerprint density at radius 3 is 1.60 bits per heavy atom. The Hall–Kier alpha value is 0.390. The smallest absolute Gasteiger partial charge is 0.0653 e. The third kappa shape index (κ3) is 3.53. The van der Waals surface area contributed by atoms with Crippen molar-refractivity contribution in [2.75, 3.05) is 12.7 Å². The lowest BCUT2D eigenvalue weighted by atomic mass is 10.2. The Kier molecular flexibility index (Phi) is 5.29. The van der Waals surface area contributed by atoms with E-state index in [0.29, 0.717) is 12.1 Å². The van der Waals surface area contributed by atoms with E-state index in [1.54, 1.807) is 0 Å². The van der Waals surface area contributed by atoms with Gasteiger partial charge in [0.15, 0.2) is 0 Å². The molecular formula is C8H21NP+. The maximum atomic E-state index is 2.52. The Morgan fingerprint density at radius 1 is 1.10 bits per heavy atom. The molecule has 0 radical (unpaired) electrons. The molecule has 10 heavy (non-hydrogen) atoms. The first-order chi connectivity index (χ1) is 4.59. The fraction of sp³-hybridized carbons (Fsp3) is 1.00. The van der Waals surface area contributed by atoms with Crippen molar-refractivity contribution in [1.82, 2.24) is 4.90 Å². The second kappa shape index (κ2) is 5.09. The lowest BCUT2D eigenvalue weighted by Gasteiger charge is -2.28. The van der Waals surface area contributed by atoms with Crippen LogP contribution in [0, 0.1) is 0 Å². The summed E-state index contributed by atoms with van der Waals surface area (Å²) < 4.78 is 0. The lowest BCUT2D eigenvalue weighted by molar-refractivity contribution is 0.187. The van der Waals surface area contributed by atoms with E-state index in [2.05, 4.69) is 41.8 Å². The molecule has 1 atom stereocenters. The van der Waals surface area contributed by atoms with Crippen LogP contribution >= 0.6 is 9.24 Å². The van der Waals surface area contributed by atoms with Crippen molar-refractivity contribution in [3.05, 3.63) is 0 Å². The van der Waals surface area contributed by atoms with Crippen LogP contribution in [0.3, 0.4) is 0 Å². The summed E-state index contributed by atoms with van der Waals surface area (Å²) in [5.41, 5.74) is 0. The molecule has 0 aliphatic rings. The largest absolute Gasteiger partial charge is 0.295 e. The molecule has 0 aromatic carbocycles. The first-order valence-electron chi connectivity index (χ1n) is 4.14. The van der Waals surface area contributed by atoms with Crippen LogP contribution in [0.25, 0.3) is 0 Å². The maximum Gasteiger partial charge on any atom is 0.0653 e. The zero-order chi connectivity index (χ0) is 8.15. The predicted molar refractivity (Wildman–Crippen MR) is 53.0 cm³/mol. The molecule has 0 aromatic rings. The number of hydrogen-bond acceptors (Lipinski definition) is 1. The van der Waals surface area contributed by atoms with Crippen molar-refractivity contribution in [1.29, 1.82) is 0 Å². The predicted octanol–water partition coefficient (Wildman–Crippen LogP) is 1.71. The minimum absolute atomic E-state index is 0.699. The zero-order valence-corrected chi connectivity index (χ0v) is 9.14. The molecule has 0 saturated carbocycles. The van der Waals surface area contributed by atoms with Crippen molar-refractivity contribution in [3.8, 4) is 0 Å². The molecule has 0 aliphatic heterocycles. The molecule has 0 heterocycles. The molecule has 62 valence electrons. The first kappa shape index (κ1) is 10.4. The third-order valence-corrected chi connectivity index (χ3v) is 2.06. The number of rotatable bonds is 4. The summed E-state index contributed by atoms with van der Waals surface area (Å²) in [6.07, 6.45) is 1.29. The van der Waals surface area contributed by atoms with Gasteiger partial charge in [0.2, 0.25) is 0 Å². The Morgan fingerprint density at radius 2 is 1.50 bits per heavy atom. The molecule has 0 spiro atoms. The zero-order valence-electron chi connectivity index (χ0n) is 7.72. The quantitative estimate of drug-likeness (QED) is 0.569. The van der Waals surface area contributed by atoms with E-state index in [9.17, 15) is 0 Å². The molecule has 2 heteroatoms. The van der Waals surface area contributed by atoms with Gasteiger partial charge in [-0.3, -0.25) is 4.90 Å². The van der Waals surface area contributed by atoms with Crippen molar-refractivity contribution < 1.29 is 0 Å². The summed E-state index contributed by atoms with van der Waals surface area (Å²) in [5.74, 6) is 0. The van der Waals surface area contributed by atoms with Crippen LogP contribution < -0.4 is 0 Å². The van der Waals surface area contributed by atoms with Crippen LogP contribution in [0.1, 0.15) is 27.7 Å². The molecule has 0 bridgehead atoms. The van der Waals surface area contributed by atoms with Gasteiger partial charge in [-0.15, -0.1) is 0 Å². The molecule has 0 aromatic heterocycles. The van der Waals surface area contributed by atoms with Gasteiger partial charge in [-0.1, -0.05) is 0 Å². The van der Waals surface area contributed by atoms with Gasteiger partial charge in [0.05, 0.1) is 6.16 Å². The van der Waals surface area contributed by atoms with Crippen LogP contribution in [0.4, 0.5) is 0 Å². The molecule has 0 fully saturated rings. The molecule has 0 amide bonds. The molecule has 0 N–H and O–H groups in total. The van der Waals surface area contributed by atoms with E-state index < -0.39 is 0 Å². The summed E-state index contributed by atoms with van der Waals surface area (Å²) in [6, 6.07) is 1.40. The van der Waals surface area contributed by atoms with Gasteiger partial charge in [0.25, 0.3) is 0 Å². The van der Waals surface area contributed by atoms with Crippen molar-refractivity contribution >= 4 is 9.24 Å². The van der Waals surface area contributed by atoms with E-state index in [-0.39, 0.29) is 0 Å². The van der Waals surface area contributed by atoms with Crippen LogP contribution in [0.2, 0.25) is 0 Å². The topological polar surface area (TPSA) is 3.24 Å². The van der Waals surface area contributed by atoms with Crippen LogP contribution in [0.15, 0.2) is 0 Å². The molecule has 0 rings (SSSR count). The summed E-state index contributed by atoms with van der Waals surface area (Å²) >= 11 is 0. The highest BCUT2D eigenvalue weighted by atomic mass is 31.0. The Balaban J connectivity index is 3.73. The number of nitrogens with zero attached hydrogens (tertiary/aromatic N) is 1. The van der Waals surface area contributed by atoms with Gasteiger partial charge in [-0.25, -0.2) is 0 Å². The van der Waals surface area contributed by atoms with Crippen molar-refractivity contribution in [2.45, 2.75) is 39.8 Å². The van der Waals surface area contributed by atoms with Crippen LogP contribution in [-0.2, 0) is 0 Å². The standard InChI is InChI=1S/C8H20NP/c1-7(2)9(5-6-10)8(3)4/h7-8H,5-6,10H2,1-4H3/p+1. The monoisotopic (exact) mass is 162 g/mol. The van der Waals surface area contributed by atoms with Gasteiger partial charge in [-0.05, 0) is 36.9 Å². The second-order valence-electron chi connectivity index (χ2n) is 3.28. The first-order valence-corrected chi connectivity index (χ1v) is 5.14. The van der Waals surface area contributed by atoms with Crippen molar-refractivity contribution in [2.24, 2.45) is 0 Å². The minimum Gasteiger partial charge on any atom is -0.295 e. The normalized spacial score (nSPS) is 12.3. The molecule has 1 unspecified atom stereocenters. The van der Waals surface area contributed by atoms with Crippen molar-refractivity contribution in [3.63, 3.8) is 0 Å². The van der Waals surface area contributed by atoms with Gasteiger partial charge in [0, 0.05) is 18.6 Å². The summed E-state index contributed by atoms with van der Waals surface area (Å²) in [6.45, 7) is 10.3. The van der Waals surface area contributed by atoms with E-state index in [0.717, 1.165) is 0 Å². The highest BCUT2D eigenvalue weighted by Gasteiger charge is 2.11. The van der Waals surface area contributed by atoms with Gasteiger partial charge in [0.1, 0.15) is 0 Å². The second-order valence-corrected chi connectivity index (χ2v) is 3.99. The molecule has 0 saturated heterocycles. The Labute approximate surface area is 67.4 Å². The minimum atomic E-state index is 0.699. The molecular weight excluding hydrogens is 141 g/mol. The van der Waals surface area contributed by atoms with Gasteiger partial charge < -0.3 is 0 Å². The molecule has 0 aliphatic carbocycles. The summed E-state index contributed by atoms with van der Waals surface area (Å²) in [5, 5.41) is 0.